The van der Waals surface area contributed by atoms with Gasteiger partial charge in [-0.15, -0.1) is 0 Å². The summed E-state index contributed by atoms with van der Waals surface area (Å²) in [5.41, 5.74) is 5.68. The van der Waals surface area contributed by atoms with E-state index in [4.69, 9.17) is 18.0 Å². The zero-order valence-electron chi connectivity index (χ0n) is 11.3. The topological polar surface area (TPSA) is 29.3 Å². The van der Waals surface area contributed by atoms with Crippen LogP contribution < -0.4 is 5.73 Å². The van der Waals surface area contributed by atoms with Crippen LogP contribution in [0.1, 0.15) is 59.8 Å². The summed E-state index contributed by atoms with van der Waals surface area (Å²) >= 11 is 5.04. The molecule has 16 heavy (non-hydrogen) atoms. The molecular weight excluding hydrogens is 216 g/mol. The normalized spacial score (nSPS) is 15.1. The van der Waals surface area contributed by atoms with Crippen LogP contribution in [0.2, 0.25) is 0 Å². The Kier molecular flexibility index (Phi) is 8.86. The van der Waals surface area contributed by atoms with Gasteiger partial charge in [-0.1, -0.05) is 39.4 Å². The van der Waals surface area contributed by atoms with Crippen LogP contribution in [-0.2, 0) is 0 Å². The van der Waals surface area contributed by atoms with E-state index < -0.39 is 0 Å². The predicted octanol–water partition coefficient (Wildman–Crippen LogP) is 3.34. The van der Waals surface area contributed by atoms with Crippen LogP contribution in [-0.4, -0.2) is 28.5 Å². The lowest BCUT2D eigenvalue weighted by Gasteiger charge is -2.35. The van der Waals surface area contributed by atoms with Crippen LogP contribution in [0, 0.1) is 0 Å². The van der Waals surface area contributed by atoms with Crippen LogP contribution in [0.5, 0.6) is 0 Å². The van der Waals surface area contributed by atoms with Crippen molar-refractivity contribution in [2.45, 2.75) is 71.9 Å². The highest BCUT2D eigenvalue weighted by Gasteiger charge is 2.21. The van der Waals surface area contributed by atoms with Gasteiger partial charge in [-0.25, -0.2) is 0 Å². The van der Waals surface area contributed by atoms with Crippen molar-refractivity contribution in [1.29, 1.82) is 0 Å². The fourth-order valence-electron chi connectivity index (χ4n) is 2.07. The van der Waals surface area contributed by atoms with E-state index in [0.717, 1.165) is 12.8 Å². The molecule has 0 bridgehead atoms. The summed E-state index contributed by atoms with van der Waals surface area (Å²) in [6.07, 6.45) is 5.69. The van der Waals surface area contributed by atoms with Gasteiger partial charge in [0.05, 0.1) is 4.99 Å². The molecule has 0 spiro atoms. The SMILES string of the molecule is CCCCN(C(C)CC)C(CC)CC(N)=S. The third-order valence-electron chi connectivity index (χ3n) is 3.30. The van der Waals surface area contributed by atoms with Gasteiger partial charge in [0, 0.05) is 18.5 Å². The molecule has 0 amide bonds. The number of rotatable bonds is 9. The molecule has 2 N–H and O–H groups in total. The standard InChI is InChI=1S/C13H28N2S/c1-5-8-9-15(11(4)6-2)12(7-3)10-13(14)16/h11-12H,5-10H2,1-4H3,(H2,14,16). The van der Waals surface area contributed by atoms with E-state index >= 15 is 0 Å². The molecule has 0 heterocycles. The average Bonchev–Trinajstić information content (AvgIpc) is 2.26. The molecule has 3 heteroatoms. The number of hydrogen-bond acceptors (Lipinski definition) is 2. The van der Waals surface area contributed by atoms with Crippen LogP contribution in [0.4, 0.5) is 0 Å². The molecule has 2 unspecified atom stereocenters. The maximum absolute atomic E-state index is 5.68. The van der Waals surface area contributed by atoms with E-state index in [9.17, 15) is 0 Å². The van der Waals surface area contributed by atoms with Crippen molar-refractivity contribution in [3.05, 3.63) is 0 Å². The first-order valence-corrected chi connectivity index (χ1v) is 7.01. The number of nitrogens with zero attached hydrogens (tertiary/aromatic N) is 1. The van der Waals surface area contributed by atoms with E-state index in [1.807, 2.05) is 0 Å². The molecule has 0 rings (SSSR count). The first kappa shape index (κ1) is 15.9. The van der Waals surface area contributed by atoms with Crippen molar-refractivity contribution in [3.8, 4) is 0 Å². The third-order valence-corrected chi connectivity index (χ3v) is 3.47. The van der Waals surface area contributed by atoms with E-state index in [1.54, 1.807) is 0 Å². The molecule has 0 aliphatic carbocycles. The molecule has 2 nitrogen and oxygen atoms in total. The Hall–Kier alpha value is -0.150. The lowest BCUT2D eigenvalue weighted by molar-refractivity contribution is 0.137. The van der Waals surface area contributed by atoms with Crippen molar-refractivity contribution in [3.63, 3.8) is 0 Å². The zero-order valence-corrected chi connectivity index (χ0v) is 12.1. The predicted molar refractivity (Wildman–Crippen MR) is 76.8 cm³/mol. The Balaban J connectivity index is 4.47. The van der Waals surface area contributed by atoms with Crippen molar-refractivity contribution in [2.24, 2.45) is 5.73 Å². The van der Waals surface area contributed by atoms with Gasteiger partial charge in [0.1, 0.15) is 0 Å². The van der Waals surface area contributed by atoms with Crippen molar-refractivity contribution in [2.75, 3.05) is 6.54 Å². The Bertz CT molecular complexity index is 194. The van der Waals surface area contributed by atoms with Gasteiger partial charge in [0.15, 0.2) is 0 Å². The summed E-state index contributed by atoms with van der Waals surface area (Å²) in [6, 6.07) is 1.16. The molecule has 2 atom stereocenters. The Labute approximate surface area is 107 Å². The summed E-state index contributed by atoms with van der Waals surface area (Å²) in [5.74, 6) is 0. The van der Waals surface area contributed by atoms with Gasteiger partial charge in [-0.3, -0.25) is 4.90 Å². The minimum absolute atomic E-state index is 0.527. The number of hydrogen-bond donors (Lipinski definition) is 1. The summed E-state index contributed by atoms with van der Waals surface area (Å²) in [7, 11) is 0. The molecule has 0 radical (unpaired) electrons. The lowest BCUT2D eigenvalue weighted by Crippen LogP contribution is -2.43. The monoisotopic (exact) mass is 244 g/mol. The quantitative estimate of drug-likeness (QED) is 0.631. The minimum atomic E-state index is 0.527. The van der Waals surface area contributed by atoms with E-state index in [2.05, 4.69) is 32.6 Å². The fourth-order valence-corrected chi connectivity index (χ4v) is 2.26. The summed E-state index contributed by atoms with van der Waals surface area (Å²) in [4.78, 5) is 3.24. The number of thiocarbonyl (C=S) groups is 1. The van der Waals surface area contributed by atoms with Crippen molar-refractivity contribution >= 4 is 17.2 Å². The van der Waals surface area contributed by atoms with Crippen LogP contribution >= 0.6 is 12.2 Å². The highest BCUT2D eigenvalue weighted by molar-refractivity contribution is 7.80. The molecule has 0 saturated carbocycles. The molecule has 0 aromatic rings. The van der Waals surface area contributed by atoms with Gasteiger partial charge in [-0.2, -0.15) is 0 Å². The van der Waals surface area contributed by atoms with E-state index in [1.165, 1.54) is 25.8 Å². The average molecular weight is 244 g/mol. The first-order valence-electron chi connectivity index (χ1n) is 6.60. The highest BCUT2D eigenvalue weighted by atomic mass is 32.1. The first-order chi connectivity index (χ1) is 7.56. The van der Waals surface area contributed by atoms with Gasteiger partial charge >= 0.3 is 0 Å². The van der Waals surface area contributed by atoms with E-state index in [0.29, 0.717) is 17.1 Å². The molecule has 0 aliphatic heterocycles. The fraction of sp³-hybridized carbons (Fsp3) is 0.923. The van der Waals surface area contributed by atoms with E-state index in [-0.39, 0.29) is 0 Å². The van der Waals surface area contributed by atoms with Gasteiger partial charge in [0.25, 0.3) is 0 Å². The second-order valence-electron chi connectivity index (χ2n) is 4.58. The molecule has 0 aromatic carbocycles. The zero-order chi connectivity index (χ0) is 12.6. The second-order valence-corrected chi connectivity index (χ2v) is 5.11. The van der Waals surface area contributed by atoms with Crippen molar-refractivity contribution in [1.82, 2.24) is 4.90 Å². The number of unbranched alkanes of at least 4 members (excludes halogenated alkanes) is 1. The summed E-state index contributed by atoms with van der Waals surface area (Å²) in [6.45, 7) is 10.2. The lowest BCUT2D eigenvalue weighted by atomic mass is 10.0. The molecule has 0 fully saturated rings. The summed E-state index contributed by atoms with van der Waals surface area (Å²) < 4.78 is 0. The molecular formula is C13H28N2S. The van der Waals surface area contributed by atoms with Crippen molar-refractivity contribution < 1.29 is 0 Å². The molecule has 0 saturated heterocycles. The Morgan fingerprint density at radius 3 is 2.25 bits per heavy atom. The molecule has 0 aromatic heterocycles. The largest absolute Gasteiger partial charge is 0.393 e. The van der Waals surface area contributed by atoms with Gasteiger partial charge in [0.2, 0.25) is 0 Å². The highest BCUT2D eigenvalue weighted by Crippen LogP contribution is 2.16. The van der Waals surface area contributed by atoms with Crippen LogP contribution in [0.25, 0.3) is 0 Å². The Morgan fingerprint density at radius 2 is 1.88 bits per heavy atom. The third kappa shape index (κ3) is 5.80. The molecule has 0 aliphatic rings. The van der Waals surface area contributed by atoms with Crippen LogP contribution in [0.3, 0.4) is 0 Å². The summed E-state index contributed by atoms with van der Waals surface area (Å²) in [5, 5.41) is 0. The van der Waals surface area contributed by atoms with Gasteiger partial charge in [-0.05, 0) is 32.7 Å². The Morgan fingerprint density at radius 1 is 1.25 bits per heavy atom. The smallest absolute Gasteiger partial charge is 0.0743 e. The maximum Gasteiger partial charge on any atom is 0.0743 e. The maximum atomic E-state index is 5.68. The van der Waals surface area contributed by atoms with Crippen LogP contribution in [0.15, 0.2) is 0 Å². The second kappa shape index (κ2) is 8.94. The number of nitrogens with two attached hydrogens (primary N) is 1. The molecule has 96 valence electrons. The minimum Gasteiger partial charge on any atom is -0.393 e. The van der Waals surface area contributed by atoms with Gasteiger partial charge < -0.3 is 5.73 Å².